The molecule has 4 heteroatoms. The van der Waals surface area contributed by atoms with Crippen LogP contribution in [0.4, 0.5) is 0 Å². The lowest BCUT2D eigenvalue weighted by molar-refractivity contribution is 0.708. The number of benzene rings is 5. The van der Waals surface area contributed by atoms with E-state index in [0.717, 1.165) is 46.7 Å². The van der Waals surface area contributed by atoms with Crippen LogP contribution in [0, 0.1) is 0 Å². The molecule has 3 nitrogen and oxygen atoms in total. The molecule has 7 aromatic rings. The molecule has 3 aliphatic carbocycles. The minimum absolute atomic E-state index is 0.194. The van der Waals surface area contributed by atoms with Crippen molar-refractivity contribution in [3.05, 3.63) is 215 Å². The van der Waals surface area contributed by atoms with Gasteiger partial charge < -0.3 is 0 Å². The third kappa shape index (κ3) is 4.80. The summed E-state index contributed by atoms with van der Waals surface area (Å²) in [6.07, 6.45) is 17.6. The van der Waals surface area contributed by atoms with Gasteiger partial charge in [0.15, 0.2) is 5.82 Å². The average Bonchev–Trinajstić information content (AvgIpc) is 3.54. The average molecular weight is 710 g/mol. The summed E-state index contributed by atoms with van der Waals surface area (Å²) in [5.41, 5.74) is 14.0. The highest BCUT2D eigenvalue weighted by molar-refractivity contribution is 8.03. The Morgan fingerprint density at radius 3 is 2.24 bits per heavy atom. The lowest BCUT2D eigenvalue weighted by Crippen LogP contribution is -2.34. The smallest absolute Gasteiger partial charge is 0.160 e. The summed E-state index contributed by atoms with van der Waals surface area (Å²) in [5.74, 6) is 1.16. The van der Waals surface area contributed by atoms with Gasteiger partial charge in [-0.1, -0.05) is 157 Å². The first kappa shape index (κ1) is 31.4. The first-order valence-electron chi connectivity index (χ1n) is 18.8. The largest absolute Gasteiger partial charge is 0.256 e. The van der Waals surface area contributed by atoms with Crippen LogP contribution < -0.4 is 0 Å². The summed E-state index contributed by atoms with van der Waals surface area (Å²) in [6.45, 7) is 0. The number of hydrogen-bond donors (Lipinski definition) is 0. The Kier molecular flexibility index (Phi) is 7.28. The number of fused-ring (bicyclic) bond motifs is 10. The fourth-order valence-corrected chi connectivity index (χ4v) is 10.4. The van der Waals surface area contributed by atoms with E-state index in [2.05, 4.69) is 158 Å². The van der Waals surface area contributed by atoms with Crippen LogP contribution >= 0.6 is 11.8 Å². The van der Waals surface area contributed by atoms with Crippen molar-refractivity contribution in [3.63, 3.8) is 0 Å². The number of para-hydroxylation sites is 1. The molecule has 0 radical (unpaired) electrons. The van der Waals surface area contributed by atoms with E-state index in [-0.39, 0.29) is 11.8 Å². The number of aromatic nitrogens is 3. The summed E-state index contributed by atoms with van der Waals surface area (Å²) in [6, 6.07) is 48.6. The van der Waals surface area contributed by atoms with Gasteiger partial charge in [-0.2, -0.15) is 0 Å². The van der Waals surface area contributed by atoms with E-state index in [4.69, 9.17) is 15.0 Å². The van der Waals surface area contributed by atoms with Gasteiger partial charge in [0.25, 0.3) is 0 Å². The fraction of sp³-hybridized carbons (Fsp3) is 0.100. The quantitative estimate of drug-likeness (QED) is 0.182. The Morgan fingerprint density at radius 1 is 0.630 bits per heavy atom. The lowest BCUT2D eigenvalue weighted by Gasteiger charge is -2.43. The molecule has 0 saturated carbocycles. The summed E-state index contributed by atoms with van der Waals surface area (Å²) in [4.78, 5) is 18.0. The molecule has 0 bridgehead atoms. The fourth-order valence-electron chi connectivity index (χ4n) is 9.22. The molecule has 0 amide bonds. The lowest BCUT2D eigenvalue weighted by atomic mass is 9.64. The highest BCUT2D eigenvalue weighted by Gasteiger charge is 2.52. The Labute approximate surface area is 319 Å². The standard InChI is InChI=1S/C50H35N3S/c1-3-13-32(14-4-1)44-31-45(53-49(52-44)34-15-5-2-6-16-34)36-25-27-47-43(30-36)50(40-22-9-7-19-38(40)39-20-8-10-23-41(39)50)42-29-35(24-26-46(42)54-47)37-21-11-17-33-18-12-28-51-48(33)37/h1-13,15-23,25-32,35H,14,24H2. The van der Waals surface area contributed by atoms with E-state index in [1.165, 1.54) is 54.1 Å². The van der Waals surface area contributed by atoms with Crippen molar-refractivity contribution in [2.45, 2.75) is 35.0 Å². The Hall–Kier alpha value is -6.10. The maximum atomic E-state index is 5.29. The zero-order valence-electron chi connectivity index (χ0n) is 29.6. The summed E-state index contributed by atoms with van der Waals surface area (Å²) in [7, 11) is 0. The maximum Gasteiger partial charge on any atom is 0.160 e. The molecule has 54 heavy (non-hydrogen) atoms. The van der Waals surface area contributed by atoms with Gasteiger partial charge >= 0.3 is 0 Å². The number of nitrogens with zero attached hydrogens (tertiary/aromatic N) is 3. The number of rotatable bonds is 4. The molecule has 2 aromatic heterocycles. The molecule has 2 unspecified atom stereocenters. The Morgan fingerprint density at radius 2 is 1.43 bits per heavy atom. The monoisotopic (exact) mass is 709 g/mol. The van der Waals surface area contributed by atoms with Gasteiger partial charge in [-0.3, -0.25) is 4.98 Å². The molecule has 11 rings (SSSR count). The molecule has 0 saturated heterocycles. The van der Waals surface area contributed by atoms with E-state index < -0.39 is 5.41 Å². The maximum absolute atomic E-state index is 5.29. The number of hydrogen-bond acceptors (Lipinski definition) is 4. The van der Waals surface area contributed by atoms with Crippen LogP contribution in [-0.2, 0) is 5.41 Å². The van der Waals surface area contributed by atoms with Crippen LogP contribution in [0.5, 0.6) is 0 Å². The van der Waals surface area contributed by atoms with Gasteiger partial charge in [-0.25, -0.2) is 9.97 Å². The van der Waals surface area contributed by atoms with E-state index in [0.29, 0.717) is 0 Å². The van der Waals surface area contributed by atoms with Gasteiger partial charge in [0.1, 0.15) is 0 Å². The van der Waals surface area contributed by atoms with Crippen LogP contribution in [-0.4, -0.2) is 15.0 Å². The second-order valence-electron chi connectivity index (χ2n) is 14.6. The molecule has 1 aliphatic heterocycles. The van der Waals surface area contributed by atoms with Crippen LogP contribution in [0.2, 0.25) is 0 Å². The summed E-state index contributed by atoms with van der Waals surface area (Å²) in [5, 5.41) is 1.18. The first-order chi connectivity index (χ1) is 26.8. The molecule has 0 fully saturated rings. The van der Waals surface area contributed by atoms with Gasteiger partial charge in [0.2, 0.25) is 0 Å². The van der Waals surface area contributed by atoms with E-state index >= 15 is 0 Å². The predicted molar refractivity (Wildman–Crippen MR) is 221 cm³/mol. The highest BCUT2D eigenvalue weighted by atomic mass is 32.2. The van der Waals surface area contributed by atoms with Crippen molar-refractivity contribution in [2.24, 2.45) is 0 Å². The molecule has 0 N–H and O–H groups in total. The molecule has 256 valence electrons. The first-order valence-corrected chi connectivity index (χ1v) is 19.6. The minimum atomic E-state index is -0.499. The van der Waals surface area contributed by atoms with Crippen molar-refractivity contribution < 1.29 is 0 Å². The Bertz CT molecular complexity index is 2720. The number of allylic oxidation sites excluding steroid dienone is 7. The van der Waals surface area contributed by atoms with Crippen molar-refractivity contribution in [2.75, 3.05) is 0 Å². The summed E-state index contributed by atoms with van der Waals surface area (Å²) < 4.78 is 0. The third-order valence-electron chi connectivity index (χ3n) is 11.6. The van der Waals surface area contributed by atoms with Gasteiger partial charge in [0, 0.05) is 44.3 Å². The van der Waals surface area contributed by atoms with Crippen LogP contribution in [0.1, 0.15) is 52.6 Å². The zero-order chi connectivity index (χ0) is 35.6. The number of thioether (sulfide) groups is 1. The SMILES string of the molecule is C1=CCC(c2cc(-c3ccc4c(c3)C3(C5=CC(c6cccc7cccnc67)CC=C5S4)c4ccccc4-c4ccccc43)nc(-c3ccccc3)n2)C=C1. The van der Waals surface area contributed by atoms with Crippen LogP contribution in [0.15, 0.2) is 191 Å². The third-order valence-corrected chi connectivity index (χ3v) is 12.8. The molecule has 4 aliphatic rings. The molecular formula is C50H35N3S. The van der Waals surface area contributed by atoms with Gasteiger partial charge in [-0.15, -0.1) is 0 Å². The van der Waals surface area contributed by atoms with Crippen molar-refractivity contribution in [3.8, 4) is 33.8 Å². The van der Waals surface area contributed by atoms with E-state index in [9.17, 15) is 0 Å². The van der Waals surface area contributed by atoms with E-state index in [1.807, 2.05) is 30.1 Å². The van der Waals surface area contributed by atoms with Crippen molar-refractivity contribution in [1.29, 1.82) is 0 Å². The van der Waals surface area contributed by atoms with Gasteiger partial charge in [-0.05, 0) is 76.1 Å². The summed E-state index contributed by atoms with van der Waals surface area (Å²) >= 11 is 1.91. The highest BCUT2D eigenvalue weighted by Crippen LogP contribution is 2.65. The Balaban J connectivity index is 1.16. The molecule has 2 atom stereocenters. The van der Waals surface area contributed by atoms with Gasteiger partial charge in [0.05, 0.1) is 22.3 Å². The normalized spacial score (nSPS) is 18.7. The van der Waals surface area contributed by atoms with Crippen LogP contribution in [0.25, 0.3) is 44.7 Å². The molecule has 1 spiro atoms. The topological polar surface area (TPSA) is 38.7 Å². The molecule has 5 aromatic carbocycles. The zero-order valence-corrected chi connectivity index (χ0v) is 30.4. The predicted octanol–water partition coefficient (Wildman–Crippen LogP) is 12.4. The second-order valence-corrected chi connectivity index (χ2v) is 15.7. The second kappa shape index (κ2) is 12.5. The van der Waals surface area contributed by atoms with Crippen LogP contribution in [0.3, 0.4) is 0 Å². The van der Waals surface area contributed by atoms with E-state index in [1.54, 1.807) is 0 Å². The minimum Gasteiger partial charge on any atom is -0.256 e. The van der Waals surface area contributed by atoms with Crippen molar-refractivity contribution >= 4 is 22.7 Å². The van der Waals surface area contributed by atoms with Crippen molar-refractivity contribution in [1.82, 2.24) is 15.0 Å². The molecule has 3 heterocycles. The number of pyridine rings is 1. The molecular weight excluding hydrogens is 675 g/mol.